The molecule has 262 valence electrons. The molecular weight excluding hydrogens is 680 g/mol. The fraction of sp³-hybridized carbons (Fsp3) is 0.0612. The van der Waals surface area contributed by atoms with E-state index in [1.807, 2.05) is 109 Å². The zero-order chi connectivity index (χ0) is 37.5. The number of hydrogen-bond donors (Lipinski definition) is 0. The highest BCUT2D eigenvalue weighted by Gasteiger charge is 2.32. The van der Waals surface area contributed by atoms with Crippen molar-refractivity contribution in [2.75, 3.05) is 0 Å². The van der Waals surface area contributed by atoms with Crippen molar-refractivity contribution in [3.63, 3.8) is 0 Å². The maximum atomic E-state index is 15.7. The first-order chi connectivity index (χ1) is 26.8. The van der Waals surface area contributed by atoms with E-state index in [2.05, 4.69) is 56.3 Å². The second kappa shape index (κ2) is 13.6. The standard InChI is InChI=1S/C49H33FN4O/c1-49(2)44-21-9-8-20-42(44)43-23-22-33(29-45(43)55-49)38-26-39(28-40(50)27-38)48-53-46(35-17-10-15-32(24-35)31-12-4-3-5-13-31)52-47(54-48)36-18-11-16-34(25-36)41-19-7-6-14-37(41)30-51/h3-29H,1-2H3. The Morgan fingerprint density at radius 2 is 1.02 bits per heavy atom. The minimum atomic E-state index is -0.529. The number of aromatic nitrogens is 3. The van der Waals surface area contributed by atoms with Gasteiger partial charge >= 0.3 is 0 Å². The fourth-order valence-electron chi connectivity index (χ4n) is 7.36. The summed E-state index contributed by atoms with van der Waals surface area (Å²) in [5.41, 5.74) is 10.6. The van der Waals surface area contributed by atoms with Crippen LogP contribution in [0.3, 0.4) is 0 Å². The summed E-state index contributed by atoms with van der Waals surface area (Å²) < 4.78 is 22.3. The van der Waals surface area contributed by atoms with Crippen molar-refractivity contribution in [3.05, 3.63) is 181 Å². The molecule has 7 aromatic carbocycles. The van der Waals surface area contributed by atoms with E-state index < -0.39 is 11.4 Å². The molecule has 9 rings (SSSR count). The zero-order valence-electron chi connectivity index (χ0n) is 30.2. The predicted molar refractivity (Wildman–Crippen MR) is 216 cm³/mol. The van der Waals surface area contributed by atoms with Crippen LogP contribution in [0, 0.1) is 17.1 Å². The van der Waals surface area contributed by atoms with Crippen LogP contribution in [0.1, 0.15) is 25.0 Å². The average molecular weight is 713 g/mol. The number of fused-ring (bicyclic) bond motifs is 3. The quantitative estimate of drug-likeness (QED) is 0.172. The molecule has 55 heavy (non-hydrogen) atoms. The van der Waals surface area contributed by atoms with E-state index in [0.717, 1.165) is 61.4 Å². The maximum Gasteiger partial charge on any atom is 0.164 e. The van der Waals surface area contributed by atoms with Gasteiger partial charge in [-0.15, -0.1) is 0 Å². The monoisotopic (exact) mass is 712 g/mol. The van der Waals surface area contributed by atoms with Crippen LogP contribution >= 0.6 is 0 Å². The van der Waals surface area contributed by atoms with Gasteiger partial charge in [0.1, 0.15) is 17.2 Å². The molecule has 1 aliphatic heterocycles. The molecule has 0 N–H and O–H groups in total. The van der Waals surface area contributed by atoms with Crippen LogP contribution in [0.5, 0.6) is 5.75 Å². The van der Waals surface area contributed by atoms with Gasteiger partial charge in [0.2, 0.25) is 0 Å². The Kier molecular flexibility index (Phi) is 8.33. The van der Waals surface area contributed by atoms with Gasteiger partial charge in [-0.25, -0.2) is 19.3 Å². The van der Waals surface area contributed by atoms with Gasteiger partial charge < -0.3 is 4.74 Å². The van der Waals surface area contributed by atoms with Crippen LogP contribution in [0.4, 0.5) is 4.39 Å². The molecule has 0 saturated carbocycles. The van der Waals surface area contributed by atoms with Crippen molar-refractivity contribution in [2.45, 2.75) is 19.4 Å². The Balaban J connectivity index is 1.18. The lowest BCUT2D eigenvalue weighted by molar-refractivity contribution is 0.106. The van der Waals surface area contributed by atoms with Gasteiger partial charge in [0.25, 0.3) is 0 Å². The molecule has 0 bridgehead atoms. The first-order valence-corrected chi connectivity index (χ1v) is 18.1. The van der Waals surface area contributed by atoms with E-state index in [4.69, 9.17) is 19.7 Å². The summed E-state index contributed by atoms with van der Waals surface area (Å²) >= 11 is 0. The molecule has 6 heteroatoms. The van der Waals surface area contributed by atoms with Gasteiger partial charge in [0, 0.05) is 27.8 Å². The van der Waals surface area contributed by atoms with Gasteiger partial charge in [-0.2, -0.15) is 5.26 Å². The molecule has 1 aromatic heterocycles. The largest absolute Gasteiger partial charge is 0.482 e. The van der Waals surface area contributed by atoms with E-state index in [1.54, 1.807) is 6.07 Å². The summed E-state index contributed by atoms with van der Waals surface area (Å²) in [6.07, 6.45) is 0. The van der Waals surface area contributed by atoms with Crippen LogP contribution in [-0.4, -0.2) is 15.0 Å². The minimum absolute atomic E-state index is 0.331. The molecule has 0 radical (unpaired) electrons. The van der Waals surface area contributed by atoms with Crippen molar-refractivity contribution >= 4 is 0 Å². The molecule has 0 unspecified atom stereocenters. The summed E-state index contributed by atoms with van der Waals surface area (Å²) in [5, 5.41) is 9.82. The summed E-state index contributed by atoms with van der Waals surface area (Å²) in [4.78, 5) is 14.9. The lowest BCUT2D eigenvalue weighted by Gasteiger charge is -2.35. The van der Waals surface area contributed by atoms with Crippen molar-refractivity contribution in [1.82, 2.24) is 15.0 Å². The second-order valence-corrected chi connectivity index (χ2v) is 14.1. The Bertz CT molecular complexity index is 2810. The number of rotatable bonds is 6. The molecule has 0 saturated heterocycles. The number of hydrogen-bond acceptors (Lipinski definition) is 5. The summed E-state index contributed by atoms with van der Waals surface area (Å²) in [5.74, 6) is 1.54. The third-order valence-electron chi connectivity index (χ3n) is 10.0. The van der Waals surface area contributed by atoms with Gasteiger partial charge in [-0.05, 0) is 95.3 Å². The molecular formula is C49H33FN4O. The van der Waals surface area contributed by atoms with Crippen LogP contribution < -0.4 is 4.74 Å². The molecule has 0 aliphatic carbocycles. The van der Waals surface area contributed by atoms with Crippen LogP contribution in [0.2, 0.25) is 0 Å². The highest BCUT2D eigenvalue weighted by Crippen LogP contribution is 2.46. The molecule has 0 fully saturated rings. The molecule has 0 amide bonds. The molecule has 8 aromatic rings. The SMILES string of the molecule is CC1(C)Oc2cc(-c3cc(F)cc(-c4nc(-c5cccc(-c6ccccc6)c5)nc(-c5cccc(-c6ccccc6C#N)c5)n4)c3)ccc2-c2ccccc21. The molecule has 5 nitrogen and oxygen atoms in total. The van der Waals surface area contributed by atoms with Crippen molar-refractivity contribution in [2.24, 2.45) is 0 Å². The number of nitrogens with zero attached hydrogens (tertiary/aromatic N) is 4. The summed E-state index contributed by atoms with van der Waals surface area (Å²) in [6, 6.07) is 55.0. The average Bonchev–Trinajstić information content (AvgIpc) is 3.23. The molecule has 0 atom stereocenters. The normalized spacial score (nSPS) is 12.5. The molecule has 2 heterocycles. The van der Waals surface area contributed by atoms with Gasteiger partial charge in [0.05, 0.1) is 11.6 Å². The maximum absolute atomic E-state index is 15.7. The first kappa shape index (κ1) is 33.6. The molecule has 0 spiro atoms. The van der Waals surface area contributed by atoms with Gasteiger partial charge in [0.15, 0.2) is 17.5 Å². The van der Waals surface area contributed by atoms with Gasteiger partial charge in [-0.1, -0.05) is 121 Å². The second-order valence-electron chi connectivity index (χ2n) is 14.1. The zero-order valence-corrected chi connectivity index (χ0v) is 30.2. The number of nitriles is 1. The van der Waals surface area contributed by atoms with Crippen LogP contribution in [0.25, 0.3) is 78.7 Å². The van der Waals surface area contributed by atoms with Crippen LogP contribution in [-0.2, 0) is 5.60 Å². The third-order valence-corrected chi connectivity index (χ3v) is 10.0. The van der Waals surface area contributed by atoms with E-state index in [1.165, 1.54) is 12.1 Å². The van der Waals surface area contributed by atoms with Crippen molar-refractivity contribution in [1.29, 1.82) is 5.26 Å². The Morgan fingerprint density at radius 3 is 1.76 bits per heavy atom. The lowest BCUT2D eigenvalue weighted by Crippen LogP contribution is -2.29. The summed E-state index contributed by atoms with van der Waals surface area (Å²) in [7, 11) is 0. The number of ether oxygens (including phenoxy) is 1. The van der Waals surface area contributed by atoms with Crippen LogP contribution in [0.15, 0.2) is 164 Å². The fourth-order valence-corrected chi connectivity index (χ4v) is 7.36. The van der Waals surface area contributed by atoms with Crippen molar-refractivity contribution < 1.29 is 9.13 Å². The van der Waals surface area contributed by atoms with Gasteiger partial charge in [-0.3, -0.25) is 0 Å². The Hall–Kier alpha value is -7.23. The van der Waals surface area contributed by atoms with E-state index >= 15 is 4.39 Å². The summed E-state index contributed by atoms with van der Waals surface area (Å²) in [6.45, 7) is 4.12. The Morgan fingerprint density at radius 1 is 0.473 bits per heavy atom. The van der Waals surface area contributed by atoms with E-state index in [0.29, 0.717) is 34.2 Å². The Labute approximate surface area is 319 Å². The lowest BCUT2D eigenvalue weighted by atomic mass is 9.85. The van der Waals surface area contributed by atoms with E-state index in [-0.39, 0.29) is 0 Å². The third kappa shape index (κ3) is 6.43. The predicted octanol–water partition coefficient (Wildman–Crippen LogP) is 12.2. The highest BCUT2D eigenvalue weighted by atomic mass is 19.1. The smallest absolute Gasteiger partial charge is 0.164 e. The first-order valence-electron chi connectivity index (χ1n) is 18.1. The molecule has 1 aliphatic rings. The highest BCUT2D eigenvalue weighted by molar-refractivity contribution is 5.82. The van der Waals surface area contributed by atoms with E-state index in [9.17, 15) is 5.26 Å². The number of halogens is 1. The number of benzene rings is 7. The minimum Gasteiger partial charge on any atom is -0.482 e. The topological polar surface area (TPSA) is 71.7 Å². The van der Waals surface area contributed by atoms with Crippen molar-refractivity contribution in [3.8, 4) is 90.5 Å².